The first kappa shape index (κ1) is 15.4. The first-order valence-electron chi connectivity index (χ1n) is 6.62. The van der Waals surface area contributed by atoms with Crippen molar-refractivity contribution in [2.75, 3.05) is 18.4 Å². The fourth-order valence-electron chi connectivity index (χ4n) is 2.04. The quantitative estimate of drug-likeness (QED) is 0.738. The standard InChI is InChI=1S/C14H18BrN3OS/c15-10-2-1-3-11(8-10)17-14(19)9-18(12-4-5-12)7-6-13(16)20/h1-3,8,12H,4-7,9H2,(H2,16,20)(H,17,19). The number of nitrogens with one attached hydrogen (secondary N) is 1. The van der Waals surface area contributed by atoms with Gasteiger partial charge in [0.1, 0.15) is 0 Å². The number of hydrogen-bond donors (Lipinski definition) is 2. The molecule has 1 fully saturated rings. The van der Waals surface area contributed by atoms with Gasteiger partial charge in [0, 0.05) is 29.2 Å². The van der Waals surface area contributed by atoms with Gasteiger partial charge in [-0.2, -0.15) is 0 Å². The molecule has 4 nitrogen and oxygen atoms in total. The summed E-state index contributed by atoms with van der Waals surface area (Å²) < 4.78 is 0.947. The second kappa shape index (κ2) is 7.15. The number of carbonyl (C=O) groups excluding carboxylic acids is 1. The molecular formula is C14H18BrN3OS. The number of halogens is 1. The minimum Gasteiger partial charge on any atom is -0.393 e. The van der Waals surface area contributed by atoms with Crippen LogP contribution in [-0.2, 0) is 4.79 Å². The second-order valence-corrected chi connectivity index (χ2v) is 6.42. The molecule has 108 valence electrons. The third-order valence-corrected chi connectivity index (χ3v) is 3.86. The van der Waals surface area contributed by atoms with Crippen molar-refractivity contribution >= 4 is 44.7 Å². The van der Waals surface area contributed by atoms with E-state index in [4.69, 9.17) is 18.0 Å². The van der Waals surface area contributed by atoms with Crippen molar-refractivity contribution in [3.05, 3.63) is 28.7 Å². The van der Waals surface area contributed by atoms with Gasteiger partial charge in [-0.05, 0) is 31.0 Å². The van der Waals surface area contributed by atoms with Crippen LogP contribution in [0.3, 0.4) is 0 Å². The molecule has 0 aromatic heterocycles. The lowest BCUT2D eigenvalue weighted by molar-refractivity contribution is -0.117. The molecular weight excluding hydrogens is 338 g/mol. The molecule has 0 radical (unpaired) electrons. The monoisotopic (exact) mass is 355 g/mol. The molecule has 1 aromatic rings. The zero-order valence-electron chi connectivity index (χ0n) is 11.1. The molecule has 2 rings (SSSR count). The summed E-state index contributed by atoms with van der Waals surface area (Å²) in [5, 5.41) is 2.91. The van der Waals surface area contributed by atoms with E-state index in [0.29, 0.717) is 24.0 Å². The molecule has 0 heterocycles. The zero-order valence-corrected chi connectivity index (χ0v) is 13.5. The molecule has 1 aromatic carbocycles. The molecule has 0 unspecified atom stereocenters. The first-order chi connectivity index (χ1) is 9.54. The average molecular weight is 356 g/mol. The Labute approximate surface area is 132 Å². The van der Waals surface area contributed by atoms with Crippen molar-refractivity contribution < 1.29 is 4.79 Å². The van der Waals surface area contributed by atoms with Crippen molar-refractivity contribution in [3.63, 3.8) is 0 Å². The van der Waals surface area contributed by atoms with E-state index in [1.165, 1.54) is 0 Å². The number of anilines is 1. The summed E-state index contributed by atoms with van der Waals surface area (Å²) in [4.78, 5) is 14.7. The van der Waals surface area contributed by atoms with Gasteiger partial charge in [0.2, 0.25) is 5.91 Å². The number of rotatable bonds is 7. The Morgan fingerprint density at radius 1 is 1.50 bits per heavy atom. The summed E-state index contributed by atoms with van der Waals surface area (Å²) in [6, 6.07) is 8.09. The molecule has 20 heavy (non-hydrogen) atoms. The molecule has 1 amide bonds. The Bertz CT molecular complexity index is 505. The van der Waals surface area contributed by atoms with Crippen LogP contribution in [0.4, 0.5) is 5.69 Å². The van der Waals surface area contributed by atoms with Gasteiger partial charge < -0.3 is 11.1 Å². The maximum atomic E-state index is 12.1. The maximum absolute atomic E-state index is 12.1. The Morgan fingerprint density at radius 2 is 2.25 bits per heavy atom. The van der Waals surface area contributed by atoms with Gasteiger partial charge in [-0.3, -0.25) is 9.69 Å². The average Bonchev–Trinajstić information content (AvgIpc) is 3.18. The van der Waals surface area contributed by atoms with E-state index in [0.717, 1.165) is 29.5 Å². The minimum atomic E-state index is -0.00191. The van der Waals surface area contributed by atoms with Crippen LogP contribution >= 0.6 is 28.1 Å². The fraction of sp³-hybridized carbons (Fsp3) is 0.429. The van der Waals surface area contributed by atoms with E-state index in [2.05, 4.69) is 26.1 Å². The number of benzene rings is 1. The highest BCUT2D eigenvalue weighted by molar-refractivity contribution is 9.10. The summed E-state index contributed by atoms with van der Waals surface area (Å²) in [6.07, 6.45) is 2.97. The smallest absolute Gasteiger partial charge is 0.238 e. The summed E-state index contributed by atoms with van der Waals surface area (Å²) in [6.45, 7) is 1.14. The van der Waals surface area contributed by atoms with Gasteiger partial charge in [0.25, 0.3) is 0 Å². The third kappa shape index (κ3) is 5.19. The van der Waals surface area contributed by atoms with Crippen molar-refractivity contribution in [3.8, 4) is 0 Å². The largest absolute Gasteiger partial charge is 0.393 e. The van der Waals surface area contributed by atoms with Crippen LogP contribution in [0.25, 0.3) is 0 Å². The first-order valence-corrected chi connectivity index (χ1v) is 7.82. The van der Waals surface area contributed by atoms with E-state index in [-0.39, 0.29) is 5.91 Å². The van der Waals surface area contributed by atoms with Crippen LogP contribution in [0.15, 0.2) is 28.7 Å². The van der Waals surface area contributed by atoms with Crippen molar-refractivity contribution in [1.82, 2.24) is 4.90 Å². The number of nitrogens with zero attached hydrogens (tertiary/aromatic N) is 1. The Hall–Kier alpha value is -0.980. The number of thiocarbonyl (C=S) groups is 1. The Kier molecular flexibility index (Phi) is 5.51. The maximum Gasteiger partial charge on any atom is 0.238 e. The van der Waals surface area contributed by atoms with E-state index in [9.17, 15) is 4.79 Å². The lowest BCUT2D eigenvalue weighted by Crippen LogP contribution is -2.36. The van der Waals surface area contributed by atoms with Gasteiger partial charge in [0.05, 0.1) is 11.5 Å². The van der Waals surface area contributed by atoms with Gasteiger partial charge in [0.15, 0.2) is 0 Å². The normalized spacial score (nSPS) is 14.3. The van der Waals surface area contributed by atoms with Crippen LogP contribution in [0.5, 0.6) is 0 Å². The highest BCUT2D eigenvalue weighted by Gasteiger charge is 2.29. The number of amides is 1. The molecule has 3 N–H and O–H groups in total. The molecule has 0 aliphatic heterocycles. The van der Waals surface area contributed by atoms with Gasteiger partial charge >= 0.3 is 0 Å². The summed E-state index contributed by atoms with van der Waals surface area (Å²) in [7, 11) is 0. The molecule has 1 aliphatic carbocycles. The molecule has 1 aliphatic rings. The van der Waals surface area contributed by atoms with E-state index in [1.807, 2.05) is 24.3 Å². The predicted octanol–water partition coefficient (Wildman–Crippen LogP) is 2.53. The topological polar surface area (TPSA) is 58.4 Å². The lowest BCUT2D eigenvalue weighted by Gasteiger charge is -2.21. The van der Waals surface area contributed by atoms with Crippen LogP contribution in [-0.4, -0.2) is 34.9 Å². The minimum absolute atomic E-state index is 0.00191. The van der Waals surface area contributed by atoms with Gasteiger partial charge in [-0.1, -0.05) is 34.2 Å². The SMILES string of the molecule is NC(=S)CCN(CC(=O)Nc1cccc(Br)c1)C1CC1. The van der Waals surface area contributed by atoms with Gasteiger partial charge in [-0.25, -0.2) is 0 Å². The van der Waals surface area contributed by atoms with E-state index < -0.39 is 0 Å². The molecule has 0 bridgehead atoms. The van der Waals surface area contributed by atoms with Crippen molar-refractivity contribution in [2.45, 2.75) is 25.3 Å². The van der Waals surface area contributed by atoms with Crippen LogP contribution < -0.4 is 11.1 Å². The fourth-order valence-corrected chi connectivity index (χ4v) is 2.53. The highest BCUT2D eigenvalue weighted by Crippen LogP contribution is 2.26. The molecule has 0 atom stereocenters. The lowest BCUT2D eigenvalue weighted by atomic mass is 10.3. The van der Waals surface area contributed by atoms with Crippen LogP contribution in [0, 0.1) is 0 Å². The summed E-state index contributed by atoms with van der Waals surface area (Å²) >= 11 is 8.29. The van der Waals surface area contributed by atoms with Crippen molar-refractivity contribution in [1.29, 1.82) is 0 Å². The van der Waals surface area contributed by atoms with E-state index >= 15 is 0 Å². The third-order valence-electron chi connectivity index (χ3n) is 3.16. The summed E-state index contributed by atoms with van der Waals surface area (Å²) in [5.74, 6) is -0.00191. The number of hydrogen-bond acceptors (Lipinski definition) is 3. The van der Waals surface area contributed by atoms with Crippen molar-refractivity contribution in [2.24, 2.45) is 5.73 Å². The summed E-state index contributed by atoms with van der Waals surface area (Å²) in [5.41, 5.74) is 6.33. The molecule has 0 saturated heterocycles. The van der Waals surface area contributed by atoms with E-state index in [1.54, 1.807) is 0 Å². The van der Waals surface area contributed by atoms with Gasteiger partial charge in [-0.15, -0.1) is 0 Å². The van der Waals surface area contributed by atoms with Crippen LogP contribution in [0.2, 0.25) is 0 Å². The van der Waals surface area contributed by atoms with Crippen LogP contribution in [0.1, 0.15) is 19.3 Å². The second-order valence-electron chi connectivity index (χ2n) is 4.98. The molecule has 6 heteroatoms. The highest BCUT2D eigenvalue weighted by atomic mass is 79.9. The zero-order chi connectivity index (χ0) is 14.5. The predicted molar refractivity (Wildman–Crippen MR) is 88.8 cm³/mol. The number of carbonyl (C=O) groups is 1. The molecule has 0 spiro atoms. The number of nitrogens with two attached hydrogens (primary N) is 1. The Balaban J connectivity index is 1.86. The Morgan fingerprint density at radius 3 is 2.85 bits per heavy atom. The molecule has 1 saturated carbocycles.